The summed E-state index contributed by atoms with van der Waals surface area (Å²) in [5, 5.41) is 11.8. The van der Waals surface area contributed by atoms with Crippen LogP contribution < -0.4 is 4.74 Å². The van der Waals surface area contributed by atoms with Crippen molar-refractivity contribution in [1.29, 1.82) is 0 Å². The SMILES string of the molecule is COc1ccccc1COC(=O)c1cnn2c1nnc1ccc(C(F)(F)F)cc12. The topological polar surface area (TPSA) is 78.6 Å². The number of carbonyl (C=O) groups is 1. The molecular formula is C19H13F3N4O3. The van der Waals surface area contributed by atoms with Crippen LogP contribution in [0.3, 0.4) is 0 Å². The third-order valence-corrected chi connectivity index (χ3v) is 4.30. The second-order valence-electron chi connectivity index (χ2n) is 6.08. The van der Waals surface area contributed by atoms with Crippen molar-refractivity contribution in [2.45, 2.75) is 12.8 Å². The summed E-state index contributed by atoms with van der Waals surface area (Å²) in [6.45, 7) is -0.0561. The van der Waals surface area contributed by atoms with Gasteiger partial charge in [-0.05, 0) is 24.3 Å². The largest absolute Gasteiger partial charge is 0.496 e. The van der Waals surface area contributed by atoms with Gasteiger partial charge in [0.05, 0.1) is 24.4 Å². The van der Waals surface area contributed by atoms with Crippen LogP contribution in [-0.2, 0) is 17.5 Å². The van der Waals surface area contributed by atoms with Crippen molar-refractivity contribution < 1.29 is 27.4 Å². The van der Waals surface area contributed by atoms with Crippen molar-refractivity contribution in [3.05, 3.63) is 65.4 Å². The molecule has 0 saturated carbocycles. The molecule has 0 aliphatic heterocycles. The van der Waals surface area contributed by atoms with Gasteiger partial charge in [0.15, 0.2) is 5.65 Å². The van der Waals surface area contributed by atoms with Gasteiger partial charge in [-0.15, -0.1) is 10.2 Å². The van der Waals surface area contributed by atoms with Crippen LogP contribution in [0, 0.1) is 0 Å². The first kappa shape index (κ1) is 18.7. The molecule has 0 unspecified atom stereocenters. The Hall–Kier alpha value is -3.69. The van der Waals surface area contributed by atoms with Gasteiger partial charge in [0.2, 0.25) is 0 Å². The number of hydrogen-bond donors (Lipinski definition) is 0. The fourth-order valence-electron chi connectivity index (χ4n) is 2.86. The maximum absolute atomic E-state index is 13.0. The minimum absolute atomic E-state index is 0.00171. The molecule has 0 amide bonds. The average Bonchev–Trinajstić information content (AvgIpc) is 3.16. The van der Waals surface area contributed by atoms with Crippen molar-refractivity contribution in [2.75, 3.05) is 7.11 Å². The molecule has 0 saturated heterocycles. The number of halogens is 3. The Balaban J connectivity index is 1.67. The highest BCUT2D eigenvalue weighted by Gasteiger charge is 2.31. The Morgan fingerprint density at radius 3 is 2.69 bits per heavy atom. The van der Waals surface area contributed by atoms with Crippen molar-refractivity contribution in [2.24, 2.45) is 0 Å². The number of para-hydroxylation sites is 1. The van der Waals surface area contributed by atoms with Gasteiger partial charge in [-0.2, -0.15) is 18.3 Å². The van der Waals surface area contributed by atoms with Crippen LogP contribution in [0.25, 0.3) is 16.7 Å². The summed E-state index contributed by atoms with van der Waals surface area (Å²) in [6.07, 6.45) is -3.33. The Labute approximate surface area is 161 Å². The summed E-state index contributed by atoms with van der Waals surface area (Å²) in [5.74, 6) is -0.169. The number of benzene rings is 2. The van der Waals surface area contributed by atoms with E-state index in [9.17, 15) is 18.0 Å². The molecule has 0 fully saturated rings. The summed E-state index contributed by atoms with van der Waals surface area (Å²) in [4.78, 5) is 12.5. The van der Waals surface area contributed by atoms with Crippen molar-refractivity contribution in [3.63, 3.8) is 0 Å². The van der Waals surface area contributed by atoms with Gasteiger partial charge >= 0.3 is 12.1 Å². The minimum Gasteiger partial charge on any atom is -0.496 e. The fraction of sp³-hybridized carbons (Fsp3) is 0.158. The van der Waals surface area contributed by atoms with Gasteiger partial charge in [0.25, 0.3) is 0 Å². The molecule has 2 aromatic heterocycles. The number of carbonyl (C=O) groups excluding carboxylic acids is 1. The number of rotatable bonds is 4. The zero-order chi connectivity index (χ0) is 20.6. The zero-order valence-corrected chi connectivity index (χ0v) is 15.0. The van der Waals surface area contributed by atoms with E-state index < -0.39 is 17.7 Å². The highest BCUT2D eigenvalue weighted by atomic mass is 19.4. The first-order chi connectivity index (χ1) is 13.9. The van der Waals surface area contributed by atoms with Crippen LogP contribution in [0.2, 0.25) is 0 Å². The number of aromatic nitrogens is 4. The molecule has 4 aromatic rings. The summed E-state index contributed by atoms with van der Waals surface area (Å²) >= 11 is 0. The number of alkyl halides is 3. The maximum atomic E-state index is 13.0. The summed E-state index contributed by atoms with van der Waals surface area (Å²) in [7, 11) is 1.50. The Morgan fingerprint density at radius 1 is 1.14 bits per heavy atom. The number of methoxy groups -OCH3 is 1. The van der Waals surface area contributed by atoms with Gasteiger partial charge in [-0.25, -0.2) is 9.31 Å². The lowest BCUT2D eigenvalue weighted by Gasteiger charge is -2.09. The van der Waals surface area contributed by atoms with Gasteiger partial charge < -0.3 is 9.47 Å². The van der Waals surface area contributed by atoms with E-state index >= 15 is 0 Å². The highest BCUT2D eigenvalue weighted by Crippen LogP contribution is 2.31. The second kappa shape index (κ2) is 7.04. The molecule has 0 atom stereocenters. The molecule has 0 spiro atoms. The normalized spacial score (nSPS) is 11.7. The van der Waals surface area contributed by atoms with Gasteiger partial charge in [-0.3, -0.25) is 0 Å². The molecule has 7 nitrogen and oxygen atoms in total. The lowest BCUT2D eigenvalue weighted by Crippen LogP contribution is -2.08. The molecule has 0 aliphatic rings. The standard InChI is InChI=1S/C19H13F3N4O3/c1-28-16-5-3-2-4-11(16)10-29-18(27)13-9-23-26-15-8-12(19(20,21)22)6-7-14(15)24-25-17(13)26/h2-9H,10H2,1H3. The summed E-state index contributed by atoms with van der Waals surface area (Å²) in [5.41, 5.74) is 0.0889. The Kier molecular flexibility index (Phi) is 4.53. The molecule has 2 aromatic carbocycles. The number of esters is 1. The van der Waals surface area contributed by atoms with Gasteiger partial charge in [0, 0.05) is 5.56 Å². The number of fused-ring (bicyclic) bond motifs is 3. The number of nitrogens with zero attached hydrogens (tertiary/aromatic N) is 4. The first-order valence-corrected chi connectivity index (χ1v) is 8.39. The molecule has 29 heavy (non-hydrogen) atoms. The smallest absolute Gasteiger partial charge is 0.416 e. The van der Waals surface area contributed by atoms with E-state index in [-0.39, 0.29) is 28.9 Å². The van der Waals surface area contributed by atoms with E-state index in [0.29, 0.717) is 11.3 Å². The third kappa shape index (κ3) is 3.44. The van der Waals surface area contributed by atoms with E-state index in [1.807, 2.05) is 0 Å². The quantitative estimate of drug-likeness (QED) is 0.485. The van der Waals surface area contributed by atoms with Crippen LogP contribution >= 0.6 is 0 Å². The summed E-state index contributed by atoms with van der Waals surface area (Å²) < 4.78 is 50.7. The molecule has 0 radical (unpaired) electrons. The molecule has 0 bridgehead atoms. The predicted molar refractivity (Wildman–Crippen MR) is 95.4 cm³/mol. The first-order valence-electron chi connectivity index (χ1n) is 8.39. The minimum atomic E-state index is -4.52. The average molecular weight is 402 g/mol. The molecular weight excluding hydrogens is 389 g/mol. The monoisotopic (exact) mass is 402 g/mol. The van der Waals surface area contributed by atoms with Gasteiger partial charge in [0.1, 0.15) is 23.4 Å². The van der Waals surface area contributed by atoms with E-state index in [1.165, 1.54) is 19.4 Å². The highest BCUT2D eigenvalue weighted by molar-refractivity contribution is 5.96. The number of hydrogen-bond acceptors (Lipinski definition) is 6. The van der Waals surface area contributed by atoms with E-state index in [4.69, 9.17) is 9.47 Å². The van der Waals surface area contributed by atoms with Crippen LogP contribution in [0.1, 0.15) is 21.5 Å². The van der Waals surface area contributed by atoms with Crippen molar-refractivity contribution in [3.8, 4) is 5.75 Å². The van der Waals surface area contributed by atoms with E-state index in [2.05, 4.69) is 15.3 Å². The maximum Gasteiger partial charge on any atom is 0.416 e. The summed E-state index contributed by atoms with van der Waals surface area (Å²) in [6, 6.07) is 10.1. The lowest BCUT2D eigenvalue weighted by atomic mass is 10.2. The Bertz CT molecular complexity index is 1220. The van der Waals surface area contributed by atoms with Crippen molar-refractivity contribution in [1.82, 2.24) is 19.8 Å². The molecule has 4 rings (SSSR count). The molecule has 10 heteroatoms. The fourth-order valence-corrected chi connectivity index (χ4v) is 2.86. The zero-order valence-electron chi connectivity index (χ0n) is 15.0. The predicted octanol–water partition coefficient (Wildman–Crippen LogP) is 3.66. The van der Waals surface area contributed by atoms with E-state index in [0.717, 1.165) is 16.6 Å². The number of ether oxygens (including phenoxy) is 2. The van der Waals surface area contributed by atoms with Gasteiger partial charge in [-0.1, -0.05) is 18.2 Å². The van der Waals surface area contributed by atoms with E-state index in [1.54, 1.807) is 24.3 Å². The molecule has 2 heterocycles. The second-order valence-corrected chi connectivity index (χ2v) is 6.08. The van der Waals surface area contributed by atoms with Crippen molar-refractivity contribution >= 4 is 22.6 Å². The molecule has 148 valence electrons. The molecule has 0 N–H and O–H groups in total. The lowest BCUT2D eigenvalue weighted by molar-refractivity contribution is -0.137. The van der Waals surface area contributed by atoms with Crippen LogP contribution in [-0.4, -0.2) is 32.9 Å². The Morgan fingerprint density at radius 2 is 1.93 bits per heavy atom. The van der Waals surface area contributed by atoms with Crippen LogP contribution in [0.5, 0.6) is 5.75 Å². The molecule has 0 aliphatic carbocycles. The van der Waals surface area contributed by atoms with Crippen LogP contribution in [0.15, 0.2) is 48.7 Å². The third-order valence-electron chi connectivity index (χ3n) is 4.30. The van der Waals surface area contributed by atoms with Crippen LogP contribution in [0.4, 0.5) is 13.2 Å².